The van der Waals surface area contributed by atoms with Gasteiger partial charge in [0.2, 0.25) is 5.88 Å². The lowest BCUT2D eigenvalue weighted by Gasteiger charge is -2.09. The lowest BCUT2D eigenvalue weighted by Crippen LogP contribution is -2.10. The van der Waals surface area contributed by atoms with Crippen molar-refractivity contribution >= 4 is 11.3 Å². The molecule has 1 aliphatic carbocycles. The minimum absolute atomic E-state index is 0.374. The summed E-state index contributed by atoms with van der Waals surface area (Å²) in [5, 5.41) is 2.96. The van der Waals surface area contributed by atoms with Gasteiger partial charge in [-0.05, 0) is 37.8 Å². The number of ether oxygens (including phenoxy) is 1. The first-order valence-electron chi connectivity index (χ1n) is 5.94. The van der Waals surface area contributed by atoms with E-state index in [2.05, 4.69) is 9.97 Å². The minimum atomic E-state index is 0.374. The molecular weight excluding hydrogens is 232 g/mol. The molecule has 0 radical (unpaired) electrons. The molecule has 1 aliphatic rings. The van der Waals surface area contributed by atoms with Gasteiger partial charge < -0.3 is 4.74 Å². The molecule has 2 aromatic heterocycles. The van der Waals surface area contributed by atoms with Crippen LogP contribution >= 0.6 is 11.3 Å². The average Bonchev–Trinajstić information content (AvgIpc) is 3.02. The van der Waals surface area contributed by atoms with Crippen LogP contribution in [0.15, 0.2) is 29.9 Å². The van der Waals surface area contributed by atoms with Gasteiger partial charge in [-0.3, -0.25) is 4.98 Å². The molecule has 0 amide bonds. The summed E-state index contributed by atoms with van der Waals surface area (Å²) in [5.41, 5.74) is 1.05. The molecule has 17 heavy (non-hydrogen) atoms. The summed E-state index contributed by atoms with van der Waals surface area (Å²) in [4.78, 5) is 8.60. The highest BCUT2D eigenvalue weighted by molar-refractivity contribution is 7.13. The van der Waals surface area contributed by atoms with E-state index in [0.29, 0.717) is 6.10 Å². The lowest BCUT2D eigenvalue weighted by molar-refractivity contribution is 0.203. The van der Waals surface area contributed by atoms with Gasteiger partial charge in [0.05, 0.1) is 5.38 Å². The van der Waals surface area contributed by atoms with Crippen molar-refractivity contribution in [1.82, 2.24) is 9.97 Å². The number of aromatic nitrogens is 2. The molecule has 0 aliphatic heterocycles. The Hall–Kier alpha value is -1.42. The molecule has 0 atom stereocenters. The molecule has 2 heterocycles. The first-order chi connectivity index (χ1) is 8.42. The zero-order valence-corrected chi connectivity index (χ0v) is 10.3. The van der Waals surface area contributed by atoms with E-state index in [1.54, 1.807) is 17.5 Å². The van der Waals surface area contributed by atoms with E-state index >= 15 is 0 Å². The highest BCUT2D eigenvalue weighted by Crippen LogP contribution is 2.29. The van der Waals surface area contributed by atoms with Crippen molar-refractivity contribution in [2.75, 3.05) is 0 Å². The van der Waals surface area contributed by atoms with Crippen molar-refractivity contribution in [3.63, 3.8) is 0 Å². The van der Waals surface area contributed by atoms with Gasteiger partial charge in [0, 0.05) is 18.0 Å². The summed E-state index contributed by atoms with van der Waals surface area (Å²) in [7, 11) is 0. The van der Waals surface area contributed by atoms with Gasteiger partial charge in [-0.15, -0.1) is 11.3 Å². The van der Waals surface area contributed by atoms with Crippen molar-refractivity contribution in [2.45, 2.75) is 31.8 Å². The Kier molecular flexibility index (Phi) is 3.05. The van der Waals surface area contributed by atoms with E-state index < -0.39 is 0 Å². The fourth-order valence-electron chi connectivity index (χ4n) is 2.11. The zero-order valence-electron chi connectivity index (χ0n) is 9.50. The van der Waals surface area contributed by atoms with Crippen LogP contribution in [0.1, 0.15) is 25.7 Å². The molecule has 4 heteroatoms. The monoisotopic (exact) mass is 246 g/mol. The summed E-state index contributed by atoms with van der Waals surface area (Å²) >= 11 is 1.61. The third-order valence-electron chi connectivity index (χ3n) is 2.98. The molecule has 1 saturated carbocycles. The SMILES string of the molecule is c1cncc(-c2nc(OC3CCCC3)cs2)c1. The third kappa shape index (κ3) is 2.47. The van der Waals surface area contributed by atoms with Gasteiger partial charge in [-0.2, -0.15) is 0 Å². The molecule has 0 spiro atoms. The summed E-state index contributed by atoms with van der Waals surface area (Å²) in [6.07, 6.45) is 8.87. The van der Waals surface area contributed by atoms with E-state index in [0.717, 1.165) is 16.5 Å². The first kappa shape index (κ1) is 10.7. The van der Waals surface area contributed by atoms with Gasteiger partial charge in [0.25, 0.3) is 0 Å². The fraction of sp³-hybridized carbons (Fsp3) is 0.385. The Morgan fingerprint density at radius 1 is 1.29 bits per heavy atom. The number of pyridine rings is 1. The second-order valence-electron chi connectivity index (χ2n) is 4.26. The molecule has 88 valence electrons. The Morgan fingerprint density at radius 3 is 2.94 bits per heavy atom. The van der Waals surface area contributed by atoms with E-state index in [-0.39, 0.29) is 0 Å². The Bertz CT molecular complexity index is 477. The maximum absolute atomic E-state index is 5.86. The van der Waals surface area contributed by atoms with Crippen LogP contribution < -0.4 is 4.74 Å². The van der Waals surface area contributed by atoms with Crippen LogP contribution in [0, 0.1) is 0 Å². The topological polar surface area (TPSA) is 35.0 Å². The second-order valence-corrected chi connectivity index (χ2v) is 5.12. The Labute approximate surface area is 105 Å². The number of thiazole rings is 1. The molecule has 3 nitrogen and oxygen atoms in total. The summed E-state index contributed by atoms with van der Waals surface area (Å²) in [6, 6.07) is 3.94. The molecule has 1 fully saturated rings. The minimum Gasteiger partial charge on any atom is -0.474 e. The van der Waals surface area contributed by atoms with Crippen LogP contribution in [0.2, 0.25) is 0 Å². The summed E-state index contributed by atoms with van der Waals surface area (Å²) in [6.45, 7) is 0. The quantitative estimate of drug-likeness (QED) is 0.831. The van der Waals surface area contributed by atoms with Crippen LogP contribution in [0.25, 0.3) is 10.6 Å². The number of hydrogen-bond donors (Lipinski definition) is 0. The largest absolute Gasteiger partial charge is 0.474 e. The van der Waals surface area contributed by atoms with Crippen LogP contribution in [0.4, 0.5) is 0 Å². The average molecular weight is 246 g/mol. The molecule has 3 rings (SSSR count). The third-order valence-corrected chi connectivity index (χ3v) is 3.85. The van der Waals surface area contributed by atoms with Gasteiger partial charge in [-0.1, -0.05) is 0 Å². The standard InChI is InChI=1S/C13H14N2OS/c1-2-6-11(5-1)16-12-9-17-13(15-12)10-4-3-7-14-8-10/h3-4,7-9,11H,1-2,5-6H2. The highest BCUT2D eigenvalue weighted by atomic mass is 32.1. The summed E-state index contributed by atoms with van der Waals surface area (Å²) < 4.78 is 5.86. The molecule has 0 N–H and O–H groups in total. The molecule has 0 bridgehead atoms. The van der Waals surface area contributed by atoms with Crippen molar-refractivity contribution in [1.29, 1.82) is 0 Å². The van der Waals surface area contributed by atoms with Gasteiger partial charge >= 0.3 is 0 Å². The number of nitrogens with zero attached hydrogens (tertiary/aromatic N) is 2. The molecule has 0 saturated heterocycles. The molecule has 0 aromatic carbocycles. The number of rotatable bonds is 3. The Balaban J connectivity index is 1.74. The van der Waals surface area contributed by atoms with E-state index in [4.69, 9.17) is 4.74 Å². The predicted octanol–water partition coefficient (Wildman–Crippen LogP) is 3.53. The van der Waals surface area contributed by atoms with Crippen molar-refractivity contribution < 1.29 is 4.74 Å². The lowest BCUT2D eigenvalue weighted by atomic mass is 10.3. The fourth-order valence-corrected chi connectivity index (χ4v) is 2.83. The molecular formula is C13H14N2OS. The normalized spacial score (nSPS) is 16.2. The van der Waals surface area contributed by atoms with Gasteiger partial charge in [-0.25, -0.2) is 4.98 Å². The van der Waals surface area contributed by atoms with Crippen molar-refractivity contribution in [2.24, 2.45) is 0 Å². The maximum Gasteiger partial charge on any atom is 0.225 e. The van der Waals surface area contributed by atoms with Crippen LogP contribution in [0.5, 0.6) is 5.88 Å². The van der Waals surface area contributed by atoms with Crippen molar-refractivity contribution in [3.05, 3.63) is 29.9 Å². The first-order valence-corrected chi connectivity index (χ1v) is 6.82. The van der Waals surface area contributed by atoms with E-state index in [1.165, 1.54) is 25.7 Å². The number of hydrogen-bond acceptors (Lipinski definition) is 4. The van der Waals surface area contributed by atoms with Gasteiger partial charge in [0.15, 0.2) is 0 Å². The molecule has 2 aromatic rings. The molecule has 0 unspecified atom stereocenters. The van der Waals surface area contributed by atoms with Gasteiger partial charge in [0.1, 0.15) is 11.1 Å². The van der Waals surface area contributed by atoms with E-state index in [1.807, 2.05) is 23.7 Å². The van der Waals surface area contributed by atoms with Crippen LogP contribution in [0.3, 0.4) is 0 Å². The van der Waals surface area contributed by atoms with Crippen molar-refractivity contribution in [3.8, 4) is 16.5 Å². The zero-order chi connectivity index (χ0) is 11.5. The smallest absolute Gasteiger partial charge is 0.225 e. The predicted molar refractivity (Wildman–Crippen MR) is 68.2 cm³/mol. The van der Waals surface area contributed by atoms with E-state index in [9.17, 15) is 0 Å². The Morgan fingerprint density at radius 2 is 2.18 bits per heavy atom. The van der Waals surface area contributed by atoms with Crippen LogP contribution in [-0.4, -0.2) is 16.1 Å². The summed E-state index contributed by atoms with van der Waals surface area (Å²) in [5.74, 6) is 0.765. The second kappa shape index (κ2) is 4.84. The maximum atomic E-state index is 5.86. The highest BCUT2D eigenvalue weighted by Gasteiger charge is 2.17. The van der Waals surface area contributed by atoms with Crippen LogP contribution in [-0.2, 0) is 0 Å².